The molecule has 0 spiro atoms. The van der Waals surface area contributed by atoms with Crippen LogP contribution in [0.25, 0.3) is 0 Å². The Balaban J connectivity index is 2.02. The number of aromatic nitrogens is 2. The number of hydrogen-bond acceptors (Lipinski definition) is 6. The first kappa shape index (κ1) is 12.9. The highest BCUT2D eigenvalue weighted by Gasteiger charge is 2.25. The normalized spacial score (nSPS) is 18.4. The van der Waals surface area contributed by atoms with Crippen molar-refractivity contribution in [3.8, 4) is 11.5 Å². The van der Waals surface area contributed by atoms with E-state index in [0.29, 0.717) is 12.4 Å². The Morgan fingerprint density at radius 2 is 2.35 bits per heavy atom. The lowest BCUT2D eigenvalue weighted by molar-refractivity contribution is 0.254. The molecule has 1 aliphatic heterocycles. The summed E-state index contributed by atoms with van der Waals surface area (Å²) >= 11 is 0. The van der Waals surface area contributed by atoms with Gasteiger partial charge in [0.25, 0.3) is 0 Å². The van der Waals surface area contributed by atoms with Crippen molar-refractivity contribution in [2.24, 2.45) is 5.73 Å². The smallest absolute Gasteiger partial charge is 0.213 e. The number of fused-ring (bicyclic) bond motifs is 1. The molecule has 6 heteroatoms. The van der Waals surface area contributed by atoms with Crippen molar-refractivity contribution < 1.29 is 14.0 Å². The minimum Gasteiger partial charge on any atom is -0.494 e. The van der Waals surface area contributed by atoms with Crippen LogP contribution in [-0.4, -0.2) is 22.9 Å². The molecule has 0 saturated carbocycles. The first-order valence-corrected chi connectivity index (χ1v) is 6.67. The van der Waals surface area contributed by atoms with E-state index in [-0.39, 0.29) is 6.10 Å². The molecule has 0 saturated heterocycles. The van der Waals surface area contributed by atoms with Crippen molar-refractivity contribution >= 4 is 0 Å². The van der Waals surface area contributed by atoms with Crippen LogP contribution in [0.15, 0.2) is 23.0 Å². The Morgan fingerprint density at radius 3 is 3.05 bits per heavy atom. The van der Waals surface area contributed by atoms with E-state index in [0.717, 1.165) is 29.0 Å². The molecule has 1 aromatic heterocycles. The van der Waals surface area contributed by atoms with Crippen LogP contribution in [-0.2, 0) is 6.42 Å². The number of benzene rings is 1. The summed E-state index contributed by atoms with van der Waals surface area (Å²) in [6.45, 7) is 4.55. The SMILES string of the molecule is CCOc1cc2c(cc1C(N)c1ncon1)OC(C)C2. The summed E-state index contributed by atoms with van der Waals surface area (Å²) in [4.78, 5) is 4.00. The first-order valence-electron chi connectivity index (χ1n) is 6.67. The Labute approximate surface area is 116 Å². The van der Waals surface area contributed by atoms with Crippen LogP contribution >= 0.6 is 0 Å². The summed E-state index contributed by atoms with van der Waals surface area (Å²) in [5.74, 6) is 2.04. The summed E-state index contributed by atoms with van der Waals surface area (Å²) in [7, 11) is 0. The summed E-state index contributed by atoms with van der Waals surface area (Å²) < 4.78 is 16.2. The van der Waals surface area contributed by atoms with Gasteiger partial charge in [0.15, 0.2) is 5.82 Å². The molecule has 0 fully saturated rings. The second-order valence-corrected chi connectivity index (χ2v) is 4.83. The van der Waals surface area contributed by atoms with Gasteiger partial charge in [0.05, 0.1) is 12.6 Å². The molecule has 2 N–H and O–H groups in total. The van der Waals surface area contributed by atoms with Gasteiger partial charge in [-0.1, -0.05) is 5.16 Å². The van der Waals surface area contributed by atoms with E-state index in [2.05, 4.69) is 10.1 Å². The summed E-state index contributed by atoms with van der Waals surface area (Å²) in [5, 5.41) is 3.79. The van der Waals surface area contributed by atoms with Crippen LogP contribution < -0.4 is 15.2 Å². The van der Waals surface area contributed by atoms with Gasteiger partial charge in [-0.05, 0) is 26.0 Å². The molecule has 1 aliphatic rings. The molecule has 3 rings (SSSR count). The monoisotopic (exact) mass is 275 g/mol. The Bertz CT molecular complexity index is 598. The predicted octanol–water partition coefficient (Wildman–Crippen LogP) is 1.84. The molecule has 6 nitrogen and oxygen atoms in total. The number of ether oxygens (including phenoxy) is 2. The average molecular weight is 275 g/mol. The fourth-order valence-corrected chi connectivity index (χ4v) is 2.43. The van der Waals surface area contributed by atoms with Crippen molar-refractivity contribution in [2.45, 2.75) is 32.4 Å². The largest absolute Gasteiger partial charge is 0.494 e. The summed E-state index contributed by atoms with van der Waals surface area (Å²) in [6, 6.07) is 3.42. The third-order valence-electron chi connectivity index (χ3n) is 3.32. The number of nitrogens with two attached hydrogens (primary N) is 1. The second-order valence-electron chi connectivity index (χ2n) is 4.83. The molecule has 20 heavy (non-hydrogen) atoms. The standard InChI is InChI=1S/C14H17N3O3/c1-3-18-12-5-9-4-8(2)20-11(9)6-10(12)13(15)14-16-7-19-17-14/h5-8,13H,3-4,15H2,1-2H3. The van der Waals surface area contributed by atoms with Crippen molar-refractivity contribution in [2.75, 3.05) is 6.61 Å². The minimum atomic E-state index is -0.500. The number of hydrogen-bond donors (Lipinski definition) is 1. The van der Waals surface area contributed by atoms with Gasteiger partial charge in [0.2, 0.25) is 6.39 Å². The van der Waals surface area contributed by atoms with E-state index in [1.165, 1.54) is 6.39 Å². The van der Waals surface area contributed by atoms with E-state index >= 15 is 0 Å². The van der Waals surface area contributed by atoms with Gasteiger partial charge in [0, 0.05) is 17.5 Å². The predicted molar refractivity (Wildman–Crippen MR) is 71.7 cm³/mol. The van der Waals surface area contributed by atoms with Gasteiger partial charge in [-0.15, -0.1) is 0 Å². The highest BCUT2D eigenvalue weighted by Crippen LogP contribution is 2.38. The quantitative estimate of drug-likeness (QED) is 0.916. The molecule has 1 aromatic carbocycles. The van der Waals surface area contributed by atoms with Crippen LogP contribution in [0.4, 0.5) is 0 Å². The Hall–Kier alpha value is -2.08. The van der Waals surface area contributed by atoms with Gasteiger partial charge >= 0.3 is 0 Å². The Kier molecular flexibility index (Phi) is 3.31. The van der Waals surface area contributed by atoms with Crippen molar-refractivity contribution in [3.05, 3.63) is 35.5 Å². The molecular weight excluding hydrogens is 258 g/mol. The fraction of sp³-hybridized carbons (Fsp3) is 0.429. The lowest BCUT2D eigenvalue weighted by atomic mass is 10.0. The zero-order valence-electron chi connectivity index (χ0n) is 11.5. The average Bonchev–Trinajstić information content (AvgIpc) is 3.05. The van der Waals surface area contributed by atoms with Gasteiger partial charge in [-0.2, -0.15) is 4.98 Å². The highest BCUT2D eigenvalue weighted by atomic mass is 16.5. The Morgan fingerprint density at radius 1 is 1.50 bits per heavy atom. The lowest BCUT2D eigenvalue weighted by Crippen LogP contribution is -2.15. The fourth-order valence-electron chi connectivity index (χ4n) is 2.43. The zero-order chi connectivity index (χ0) is 14.1. The van der Waals surface area contributed by atoms with Crippen molar-refractivity contribution in [1.29, 1.82) is 0 Å². The molecule has 0 bridgehead atoms. The van der Waals surface area contributed by atoms with Crippen LogP contribution in [0.3, 0.4) is 0 Å². The molecule has 2 unspecified atom stereocenters. The summed E-state index contributed by atoms with van der Waals surface area (Å²) in [5.41, 5.74) is 8.15. The molecule has 2 heterocycles. The molecular formula is C14H17N3O3. The van der Waals surface area contributed by atoms with E-state index in [1.807, 2.05) is 26.0 Å². The topological polar surface area (TPSA) is 83.4 Å². The minimum absolute atomic E-state index is 0.177. The van der Waals surface area contributed by atoms with Gasteiger partial charge in [-0.25, -0.2) is 0 Å². The van der Waals surface area contributed by atoms with Crippen molar-refractivity contribution in [1.82, 2.24) is 10.1 Å². The van der Waals surface area contributed by atoms with E-state index < -0.39 is 6.04 Å². The second kappa shape index (κ2) is 5.13. The van der Waals surface area contributed by atoms with E-state index in [9.17, 15) is 0 Å². The van der Waals surface area contributed by atoms with E-state index in [1.54, 1.807) is 0 Å². The molecule has 0 amide bonds. The van der Waals surface area contributed by atoms with Crippen LogP contribution in [0.2, 0.25) is 0 Å². The van der Waals surface area contributed by atoms with Crippen LogP contribution in [0, 0.1) is 0 Å². The van der Waals surface area contributed by atoms with Gasteiger partial charge in [0.1, 0.15) is 17.6 Å². The molecule has 2 atom stereocenters. The zero-order valence-corrected chi connectivity index (χ0v) is 11.5. The molecule has 0 aliphatic carbocycles. The maximum absolute atomic E-state index is 6.20. The molecule has 106 valence electrons. The third kappa shape index (κ3) is 2.22. The van der Waals surface area contributed by atoms with E-state index in [4.69, 9.17) is 19.7 Å². The van der Waals surface area contributed by atoms with Gasteiger partial charge in [-0.3, -0.25) is 0 Å². The number of nitrogens with zero attached hydrogens (tertiary/aromatic N) is 2. The van der Waals surface area contributed by atoms with Gasteiger partial charge < -0.3 is 19.7 Å². The number of rotatable bonds is 4. The first-order chi connectivity index (χ1) is 9.69. The van der Waals surface area contributed by atoms with Crippen molar-refractivity contribution in [3.63, 3.8) is 0 Å². The van der Waals surface area contributed by atoms with Crippen LogP contribution in [0.5, 0.6) is 11.5 Å². The lowest BCUT2D eigenvalue weighted by Gasteiger charge is -2.15. The maximum atomic E-state index is 6.20. The summed E-state index contributed by atoms with van der Waals surface area (Å²) in [6.07, 6.45) is 2.32. The van der Waals surface area contributed by atoms with Crippen LogP contribution in [0.1, 0.15) is 36.8 Å². The third-order valence-corrected chi connectivity index (χ3v) is 3.32. The molecule has 0 radical (unpaired) electrons. The molecule has 2 aromatic rings. The maximum Gasteiger partial charge on any atom is 0.213 e. The highest BCUT2D eigenvalue weighted by molar-refractivity contribution is 5.51.